The van der Waals surface area contributed by atoms with Crippen molar-refractivity contribution >= 4 is 28.4 Å². The molecule has 0 bridgehead atoms. The van der Waals surface area contributed by atoms with E-state index in [2.05, 4.69) is 28.7 Å². The number of halogens is 3. The van der Waals surface area contributed by atoms with Crippen LogP contribution >= 0.6 is 0 Å². The van der Waals surface area contributed by atoms with Gasteiger partial charge in [0, 0.05) is 34.2 Å². The lowest BCUT2D eigenvalue weighted by Gasteiger charge is -2.09. The van der Waals surface area contributed by atoms with E-state index < -0.39 is 17.7 Å². The summed E-state index contributed by atoms with van der Waals surface area (Å²) in [5, 5.41) is 10.7. The van der Waals surface area contributed by atoms with Crippen molar-refractivity contribution < 1.29 is 22.8 Å². The van der Waals surface area contributed by atoms with Gasteiger partial charge in [-0.3, -0.25) is 14.7 Å². The Balaban J connectivity index is 0.00000222. The second kappa shape index (κ2) is 12.5. The molecule has 0 saturated carbocycles. The van der Waals surface area contributed by atoms with Crippen LogP contribution in [0, 0.1) is 0 Å². The van der Waals surface area contributed by atoms with E-state index in [1.807, 2.05) is 6.07 Å². The van der Waals surface area contributed by atoms with E-state index in [0.29, 0.717) is 22.5 Å². The van der Waals surface area contributed by atoms with Crippen LogP contribution in [0.4, 0.5) is 18.9 Å². The smallest absolute Gasteiger partial charge is 0.366 e. The molecule has 2 amide bonds. The van der Waals surface area contributed by atoms with Crippen molar-refractivity contribution in [2.75, 3.05) is 5.32 Å². The first-order chi connectivity index (χ1) is 17.1. The predicted molar refractivity (Wildman–Crippen MR) is 137 cm³/mol. The van der Waals surface area contributed by atoms with Crippen LogP contribution in [-0.2, 0) is 4.79 Å². The number of carbonyl (C=O) groups excluding carboxylic acids is 2. The predicted octanol–water partition coefficient (Wildman–Crippen LogP) is 6.69. The van der Waals surface area contributed by atoms with Gasteiger partial charge < -0.3 is 11.1 Å². The molecule has 4 N–H and O–H groups in total. The van der Waals surface area contributed by atoms with Gasteiger partial charge in [-0.1, -0.05) is 36.8 Å². The third kappa shape index (κ3) is 7.43. The van der Waals surface area contributed by atoms with Crippen molar-refractivity contribution in [3.8, 4) is 11.3 Å². The van der Waals surface area contributed by atoms with Crippen molar-refractivity contribution in [2.24, 2.45) is 5.73 Å². The maximum absolute atomic E-state index is 12.8. The van der Waals surface area contributed by atoms with Crippen molar-refractivity contribution in [1.29, 1.82) is 0 Å². The number of H-pyrrole nitrogens is 1. The summed E-state index contributed by atoms with van der Waals surface area (Å²) in [6.45, 7) is 9.16. The number of rotatable bonds is 8. The van der Waals surface area contributed by atoms with Crippen LogP contribution in [0.2, 0.25) is 0 Å². The molecular weight excluding hydrogens is 469 g/mol. The van der Waals surface area contributed by atoms with Gasteiger partial charge in [-0.25, -0.2) is 0 Å². The first kappa shape index (κ1) is 28.1. The fourth-order valence-corrected chi connectivity index (χ4v) is 3.53. The standard InChI is InChI=1S/C25H25F3N4O2.C2H4/c1-3-18(25(26,27)28)8-4-6-15(2)12-22(33)30-19-9-5-7-16(13-19)23-20-14-17(24(29)34)10-11-21(20)31-32-23;1-2/h5-11,13-14H,3-4,12H2,1-2H3,(H2,29,34)(H,30,33)(H,31,32);1-2H2/b15-6+,18-8+;. The lowest BCUT2D eigenvalue weighted by molar-refractivity contribution is -0.115. The summed E-state index contributed by atoms with van der Waals surface area (Å²) < 4.78 is 38.4. The second-order valence-electron chi connectivity index (χ2n) is 7.87. The fraction of sp³-hybridized carbons (Fsp3) is 0.222. The van der Waals surface area contributed by atoms with Crippen LogP contribution in [0.15, 0.2) is 78.9 Å². The monoisotopic (exact) mass is 498 g/mol. The first-order valence-electron chi connectivity index (χ1n) is 11.2. The van der Waals surface area contributed by atoms with E-state index in [1.54, 1.807) is 49.4 Å². The van der Waals surface area contributed by atoms with E-state index in [1.165, 1.54) is 6.92 Å². The Bertz CT molecular complexity index is 1290. The van der Waals surface area contributed by atoms with Crippen molar-refractivity contribution in [3.63, 3.8) is 0 Å². The molecule has 36 heavy (non-hydrogen) atoms. The topological polar surface area (TPSA) is 101 Å². The number of nitrogens with one attached hydrogen (secondary N) is 2. The number of nitrogens with two attached hydrogens (primary N) is 1. The molecule has 0 aliphatic carbocycles. The number of alkyl halides is 3. The van der Waals surface area contributed by atoms with Gasteiger partial charge in [0.2, 0.25) is 11.8 Å². The normalized spacial score (nSPS) is 12.1. The molecule has 0 spiro atoms. The molecule has 190 valence electrons. The molecule has 1 aromatic heterocycles. The zero-order valence-corrected chi connectivity index (χ0v) is 20.2. The largest absolute Gasteiger partial charge is 0.412 e. The first-order valence-corrected chi connectivity index (χ1v) is 11.2. The lowest BCUT2D eigenvalue weighted by Crippen LogP contribution is -2.12. The molecule has 0 radical (unpaired) electrons. The SMILES string of the molecule is C=C.CC/C(=C\C/C=C(\C)CC(=O)Nc1cccc(-c2n[nH]c3ccc(C(N)=O)cc23)c1)C(F)(F)F. The number of carbonyl (C=O) groups is 2. The van der Waals surface area contributed by atoms with Crippen LogP contribution < -0.4 is 11.1 Å². The molecule has 2 aromatic carbocycles. The van der Waals surface area contributed by atoms with E-state index >= 15 is 0 Å². The number of aromatic amines is 1. The third-order valence-corrected chi connectivity index (χ3v) is 5.28. The quantitative estimate of drug-likeness (QED) is 0.301. The molecule has 0 atom stereocenters. The summed E-state index contributed by atoms with van der Waals surface area (Å²) in [6.07, 6.45) is -1.51. The molecule has 0 aliphatic heterocycles. The molecule has 1 heterocycles. The van der Waals surface area contributed by atoms with Crippen LogP contribution in [0.1, 0.15) is 43.5 Å². The maximum Gasteiger partial charge on any atom is 0.412 e. The van der Waals surface area contributed by atoms with E-state index in [4.69, 9.17) is 5.73 Å². The van der Waals surface area contributed by atoms with E-state index in [0.717, 1.165) is 22.5 Å². The molecule has 0 fully saturated rings. The molecule has 3 aromatic rings. The Hall–Kier alpha value is -4.14. The van der Waals surface area contributed by atoms with Gasteiger partial charge in [-0.05, 0) is 50.1 Å². The summed E-state index contributed by atoms with van der Waals surface area (Å²) in [5.74, 6) is -0.831. The highest BCUT2D eigenvalue weighted by Gasteiger charge is 2.31. The van der Waals surface area contributed by atoms with Gasteiger partial charge in [-0.2, -0.15) is 18.3 Å². The number of primary amides is 1. The van der Waals surface area contributed by atoms with Crippen LogP contribution in [0.3, 0.4) is 0 Å². The zero-order valence-electron chi connectivity index (χ0n) is 20.2. The van der Waals surface area contributed by atoms with Gasteiger partial charge in [0.1, 0.15) is 0 Å². The third-order valence-electron chi connectivity index (χ3n) is 5.28. The lowest BCUT2D eigenvalue weighted by atomic mass is 10.0. The Labute approximate surface area is 207 Å². The Morgan fingerprint density at radius 2 is 1.86 bits per heavy atom. The number of amides is 2. The highest BCUT2D eigenvalue weighted by Crippen LogP contribution is 2.29. The van der Waals surface area contributed by atoms with E-state index in [9.17, 15) is 22.8 Å². The van der Waals surface area contributed by atoms with Gasteiger partial charge in [0.25, 0.3) is 0 Å². The molecule has 0 unspecified atom stereocenters. The highest BCUT2D eigenvalue weighted by atomic mass is 19.4. The maximum atomic E-state index is 12.8. The minimum atomic E-state index is -4.33. The van der Waals surface area contributed by atoms with Crippen LogP contribution in [0.25, 0.3) is 22.2 Å². The summed E-state index contributed by atoms with van der Waals surface area (Å²) in [7, 11) is 0. The average Bonchev–Trinajstić information content (AvgIpc) is 3.25. The van der Waals surface area contributed by atoms with Crippen molar-refractivity contribution in [3.05, 3.63) is 84.5 Å². The number of allylic oxidation sites excluding steroid dienone is 3. The molecule has 3 rings (SSSR count). The molecule has 0 aliphatic rings. The Morgan fingerprint density at radius 1 is 1.14 bits per heavy atom. The van der Waals surface area contributed by atoms with E-state index in [-0.39, 0.29) is 25.2 Å². The van der Waals surface area contributed by atoms with Crippen molar-refractivity contribution in [2.45, 2.75) is 39.3 Å². The van der Waals surface area contributed by atoms with Gasteiger partial charge >= 0.3 is 6.18 Å². The number of hydrogen-bond donors (Lipinski definition) is 3. The number of hydrogen-bond acceptors (Lipinski definition) is 3. The van der Waals surface area contributed by atoms with Crippen LogP contribution in [0.5, 0.6) is 0 Å². The molecule has 0 saturated heterocycles. The van der Waals surface area contributed by atoms with Gasteiger partial charge in [-0.15, -0.1) is 13.2 Å². The summed E-state index contributed by atoms with van der Waals surface area (Å²) in [6, 6.07) is 12.1. The van der Waals surface area contributed by atoms with Crippen LogP contribution in [-0.4, -0.2) is 28.2 Å². The number of anilines is 1. The summed E-state index contributed by atoms with van der Waals surface area (Å²) in [4.78, 5) is 24.0. The minimum Gasteiger partial charge on any atom is -0.366 e. The number of aromatic nitrogens is 2. The number of benzene rings is 2. The Kier molecular flexibility index (Phi) is 9.78. The summed E-state index contributed by atoms with van der Waals surface area (Å²) >= 11 is 0. The van der Waals surface area contributed by atoms with Crippen molar-refractivity contribution in [1.82, 2.24) is 10.2 Å². The Morgan fingerprint density at radius 3 is 2.50 bits per heavy atom. The fourth-order valence-electron chi connectivity index (χ4n) is 3.53. The average molecular weight is 499 g/mol. The molecule has 6 nitrogen and oxygen atoms in total. The minimum absolute atomic E-state index is 0.0544. The molecule has 9 heteroatoms. The second-order valence-corrected chi connectivity index (χ2v) is 7.87. The highest BCUT2D eigenvalue weighted by molar-refractivity contribution is 6.01. The van der Waals surface area contributed by atoms with Gasteiger partial charge in [0.15, 0.2) is 0 Å². The number of fused-ring (bicyclic) bond motifs is 1. The zero-order chi connectivity index (χ0) is 26.9. The number of nitrogens with zero attached hydrogens (tertiary/aromatic N) is 1. The summed E-state index contributed by atoms with van der Waals surface area (Å²) in [5.41, 5.74) is 8.44. The van der Waals surface area contributed by atoms with Gasteiger partial charge in [0.05, 0.1) is 11.2 Å². The molecular formula is C27H29F3N4O2.